The van der Waals surface area contributed by atoms with Gasteiger partial charge in [-0.2, -0.15) is 4.31 Å². The molecular weight excluding hydrogens is 302 g/mol. The second-order valence-electron chi connectivity index (χ2n) is 5.04. The summed E-state index contributed by atoms with van der Waals surface area (Å²) < 4.78 is 26.3. The van der Waals surface area contributed by atoms with Crippen LogP contribution in [0.15, 0.2) is 23.2 Å². The highest BCUT2D eigenvalue weighted by molar-refractivity contribution is 7.89. The summed E-state index contributed by atoms with van der Waals surface area (Å²) in [5.41, 5.74) is -0.696. The van der Waals surface area contributed by atoms with Crippen molar-refractivity contribution in [1.82, 2.24) is 14.6 Å². The number of nitrogens with zero attached hydrogens (tertiary/aromatic N) is 2. The van der Waals surface area contributed by atoms with E-state index in [-0.39, 0.29) is 22.5 Å². The number of aromatic nitrogens is 1. The predicted molar refractivity (Wildman–Crippen MR) is 74.8 cm³/mol. The largest absolute Gasteiger partial charge is 0.359 e. The van der Waals surface area contributed by atoms with Gasteiger partial charge in [0, 0.05) is 26.3 Å². The summed E-state index contributed by atoms with van der Waals surface area (Å²) in [5.74, 6) is -0.150. The summed E-state index contributed by atoms with van der Waals surface area (Å²) in [6, 6.07) is 2.71. The Labute approximate surface area is 123 Å². The van der Waals surface area contributed by atoms with Gasteiger partial charge in [0.15, 0.2) is 0 Å². The molecule has 1 aromatic rings. The lowest BCUT2D eigenvalue weighted by Crippen LogP contribution is -2.40. The highest BCUT2D eigenvalue weighted by atomic mass is 35.5. The zero-order valence-corrected chi connectivity index (χ0v) is 12.8. The van der Waals surface area contributed by atoms with Crippen molar-refractivity contribution in [2.45, 2.75) is 18.2 Å². The first kappa shape index (κ1) is 15.2. The highest BCUT2D eigenvalue weighted by Gasteiger charge is 2.44. The molecule has 1 aliphatic heterocycles. The molecular formula is C12H16ClN3O3S. The van der Waals surface area contributed by atoms with Crippen molar-refractivity contribution >= 4 is 27.5 Å². The minimum Gasteiger partial charge on any atom is -0.359 e. The van der Waals surface area contributed by atoms with E-state index in [1.165, 1.54) is 22.6 Å². The lowest BCUT2D eigenvalue weighted by atomic mass is 9.89. The molecule has 0 spiro atoms. The standard InChI is InChI=1S/C12H16ClN3O3S/c1-12(11(17)14-2)4-6-16(8-12)20(18,19)9-3-5-15-10(13)7-9/h3,5,7H,4,6,8H2,1-2H3,(H,14,17). The van der Waals surface area contributed by atoms with E-state index in [0.29, 0.717) is 13.0 Å². The van der Waals surface area contributed by atoms with Crippen molar-refractivity contribution in [3.8, 4) is 0 Å². The molecule has 1 atom stereocenters. The second-order valence-corrected chi connectivity index (χ2v) is 7.37. The molecule has 110 valence electrons. The van der Waals surface area contributed by atoms with Crippen molar-refractivity contribution in [3.63, 3.8) is 0 Å². The molecule has 1 unspecified atom stereocenters. The van der Waals surface area contributed by atoms with E-state index >= 15 is 0 Å². The van der Waals surface area contributed by atoms with E-state index < -0.39 is 15.4 Å². The van der Waals surface area contributed by atoms with Crippen LogP contribution >= 0.6 is 11.6 Å². The van der Waals surface area contributed by atoms with E-state index in [0.717, 1.165) is 0 Å². The average molecular weight is 318 g/mol. The maximum Gasteiger partial charge on any atom is 0.243 e. The van der Waals surface area contributed by atoms with Gasteiger partial charge in [-0.15, -0.1) is 0 Å². The van der Waals surface area contributed by atoms with E-state index in [2.05, 4.69) is 10.3 Å². The van der Waals surface area contributed by atoms with Crippen molar-refractivity contribution in [2.24, 2.45) is 5.41 Å². The van der Waals surface area contributed by atoms with Crippen LogP contribution in [0.2, 0.25) is 5.15 Å². The number of hydrogen-bond acceptors (Lipinski definition) is 4. The number of pyridine rings is 1. The van der Waals surface area contributed by atoms with E-state index in [9.17, 15) is 13.2 Å². The molecule has 1 saturated heterocycles. The molecule has 6 nitrogen and oxygen atoms in total. The zero-order valence-electron chi connectivity index (χ0n) is 11.3. The molecule has 1 fully saturated rings. The number of rotatable bonds is 3. The third-order valence-corrected chi connectivity index (χ3v) is 5.60. The number of amides is 1. The van der Waals surface area contributed by atoms with Crippen LogP contribution < -0.4 is 5.32 Å². The van der Waals surface area contributed by atoms with Crippen LogP contribution in [-0.4, -0.2) is 43.8 Å². The van der Waals surface area contributed by atoms with Crippen LogP contribution in [0, 0.1) is 5.41 Å². The SMILES string of the molecule is CNC(=O)C1(C)CCN(S(=O)(=O)c2ccnc(Cl)c2)C1. The Hall–Kier alpha value is -1.18. The normalized spacial score (nSPS) is 23.8. The summed E-state index contributed by atoms with van der Waals surface area (Å²) in [6.07, 6.45) is 1.84. The van der Waals surface area contributed by atoms with Gasteiger partial charge < -0.3 is 5.32 Å². The maximum atomic E-state index is 12.5. The van der Waals surface area contributed by atoms with Gasteiger partial charge >= 0.3 is 0 Å². The molecule has 0 aliphatic carbocycles. The van der Waals surface area contributed by atoms with Crippen LogP contribution in [0.5, 0.6) is 0 Å². The van der Waals surface area contributed by atoms with E-state index in [1.807, 2.05) is 0 Å². The Balaban J connectivity index is 2.27. The number of hydrogen-bond donors (Lipinski definition) is 1. The van der Waals surface area contributed by atoms with Crippen LogP contribution in [0.25, 0.3) is 0 Å². The minimum absolute atomic E-state index is 0.0960. The highest BCUT2D eigenvalue weighted by Crippen LogP contribution is 2.33. The molecule has 1 N–H and O–H groups in total. The molecule has 2 heterocycles. The van der Waals surface area contributed by atoms with Crippen LogP contribution in [0.4, 0.5) is 0 Å². The number of sulfonamides is 1. The molecule has 2 rings (SSSR count). The lowest BCUT2D eigenvalue weighted by Gasteiger charge is -2.22. The molecule has 1 aliphatic rings. The van der Waals surface area contributed by atoms with Gasteiger partial charge in [0.1, 0.15) is 5.15 Å². The number of carbonyl (C=O) groups excluding carboxylic acids is 1. The number of carbonyl (C=O) groups is 1. The molecule has 0 aromatic carbocycles. The van der Waals surface area contributed by atoms with Gasteiger partial charge in [0.05, 0.1) is 10.3 Å². The Kier molecular flexibility index (Phi) is 4.04. The minimum atomic E-state index is -3.65. The Morgan fingerprint density at radius 3 is 2.85 bits per heavy atom. The van der Waals surface area contributed by atoms with Gasteiger partial charge in [-0.3, -0.25) is 4.79 Å². The monoisotopic (exact) mass is 317 g/mol. The maximum absolute atomic E-state index is 12.5. The van der Waals surface area contributed by atoms with Crippen molar-refractivity contribution in [3.05, 3.63) is 23.5 Å². The quantitative estimate of drug-likeness (QED) is 0.839. The summed E-state index contributed by atoms with van der Waals surface area (Å²) in [6.45, 7) is 2.24. The first-order valence-electron chi connectivity index (χ1n) is 6.13. The van der Waals surface area contributed by atoms with E-state index in [1.54, 1.807) is 14.0 Å². The van der Waals surface area contributed by atoms with Gasteiger partial charge in [0.2, 0.25) is 15.9 Å². The smallest absolute Gasteiger partial charge is 0.243 e. The third kappa shape index (κ3) is 2.65. The third-order valence-electron chi connectivity index (χ3n) is 3.55. The van der Waals surface area contributed by atoms with Crippen LogP contribution in [-0.2, 0) is 14.8 Å². The Bertz CT molecular complexity index is 635. The first-order chi connectivity index (χ1) is 9.29. The van der Waals surface area contributed by atoms with Gasteiger partial charge in [0.25, 0.3) is 0 Å². The van der Waals surface area contributed by atoms with Gasteiger partial charge in [-0.25, -0.2) is 13.4 Å². The second kappa shape index (κ2) is 5.31. The fourth-order valence-electron chi connectivity index (χ4n) is 2.31. The lowest BCUT2D eigenvalue weighted by molar-refractivity contribution is -0.128. The molecule has 0 saturated carbocycles. The first-order valence-corrected chi connectivity index (χ1v) is 7.95. The van der Waals surface area contributed by atoms with Gasteiger partial charge in [-0.05, 0) is 25.5 Å². The van der Waals surface area contributed by atoms with Crippen LogP contribution in [0.3, 0.4) is 0 Å². The topological polar surface area (TPSA) is 79.4 Å². The molecule has 20 heavy (non-hydrogen) atoms. The molecule has 1 aromatic heterocycles. The molecule has 0 bridgehead atoms. The Morgan fingerprint density at radius 2 is 2.25 bits per heavy atom. The average Bonchev–Trinajstić information content (AvgIpc) is 2.82. The summed E-state index contributed by atoms with van der Waals surface area (Å²) in [4.78, 5) is 15.7. The molecule has 1 amide bonds. The van der Waals surface area contributed by atoms with Crippen molar-refractivity contribution in [2.75, 3.05) is 20.1 Å². The number of nitrogens with one attached hydrogen (secondary N) is 1. The van der Waals surface area contributed by atoms with Crippen LogP contribution in [0.1, 0.15) is 13.3 Å². The Morgan fingerprint density at radius 1 is 1.55 bits per heavy atom. The van der Waals surface area contributed by atoms with Crippen molar-refractivity contribution in [1.29, 1.82) is 0 Å². The fraction of sp³-hybridized carbons (Fsp3) is 0.500. The number of halogens is 1. The summed E-state index contributed by atoms with van der Waals surface area (Å²) >= 11 is 5.73. The molecule has 8 heteroatoms. The van der Waals surface area contributed by atoms with Gasteiger partial charge in [-0.1, -0.05) is 11.6 Å². The summed E-state index contributed by atoms with van der Waals surface area (Å²) in [7, 11) is -2.10. The molecule has 0 radical (unpaired) electrons. The predicted octanol–water partition coefficient (Wildman–Crippen LogP) is 0.882. The zero-order chi connectivity index (χ0) is 15.0. The van der Waals surface area contributed by atoms with E-state index in [4.69, 9.17) is 11.6 Å². The fourth-order valence-corrected chi connectivity index (χ4v) is 4.12. The van der Waals surface area contributed by atoms with Crippen molar-refractivity contribution < 1.29 is 13.2 Å². The summed E-state index contributed by atoms with van der Waals surface area (Å²) in [5, 5.41) is 2.70.